The number of carbonyl (C=O) groups is 1. The molecule has 0 aliphatic carbocycles. The van der Waals surface area contributed by atoms with Crippen molar-refractivity contribution in [2.45, 2.75) is 33.1 Å². The van der Waals surface area contributed by atoms with Gasteiger partial charge in [-0.1, -0.05) is 32.1 Å². The average Bonchev–Trinajstić information content (AvgIpc) is 2.95. The lowest BCUT2D eigenvalue weighted by atomic mass is 10.2. The van der Waals surface area contributed by atoms with Crippen LogP contribution in [0.1, 0.15) is 46.2 Å². The summed E-state index contributed by atoms with van der Waals surface area (Å²) in [7, 11) is 0. The number of carbonyl (C=O) groups excluding carboxylic acids is 1. The highest BCUT2D eigenvalue weighted by atomic mass is 79.9. The van der Waals surface area contributed by atoms with E-state index in [-0.39, 0.29) is 5.91 Å². The summed E-state index contributed by atoms with van der Waals surface area (Å²) in [5.41, 5.74) is 0. The zero-order valence-corrected chi connectivity index (χ0v) is 14.1. The molecular formula is C12H14BrN3OS2. The number of rotatable bonds is 4. The molecule has 0 aliphatic rings. The molecule has 0 unspecified atom stereocenters. The molecule has 0 aliphatic heterocycles. The molecule has 2 aromatic rings. The molecule has 0 fully saturated rings. The number of aryl methyl sites for hydroxylation is 1. The lowest BCUT2D eigenvalue weighted by molar-refractivity contribution is 0.103. The minimum atomic E-state index is -0.128. The smallest absolute Gasteiger partial charge is 0.267 e. The van der Waals surface area contributed by atoms with Gasteiger partial charge in [-0.15, -0.1) is 21.5 Å². The van der Waals surface area contributed by atoms with Gasteiger partial charge in [-0.2, -0.15) is 0 Å². The third-order valence-corrected chi connectivity index (χ3v) is 5.84. The quantitative estimate of drug-likeness (QED) is 0.884. The molecule has 0 radical (unpaired) electrons. The Morgan fingerprint density at radius 1 is 1.42 bits per heavy atom. The van der Waals surface area contributed by atoms with Crippen molar-refractivity contribution in [1.82, 2.24) is 10.2 Å². The van der Waals surface area contributed by atoms with E-state index in [9.17, 15) is 4.79 Å². The monoisotopic (exact) mass is 359 g/mol. The van der Waals surface area contributed by atoms with Crippen molar-refractivity contribution in [3.63, 3.8) is 0 Å². The maximum atomic E-state index is 12.1. The summed E-state index contributed by atoms with van der Waals surface area (Å²) in [5.74, 6) is 0.197. The molecule has 2 aromatic heterocycles. The maximum absolute atomic E-state index is 12.1. The first kappa shape index (κ1) is 14.6. The first-order valence-electron chi connectivity index (χ1n) is 5.94. The fourth-order valence-electron chi connectivity index (χ4n) is 1.44. The maximum Gasteiger partial charge on any atom is 0.267 e. The molecule has 1 amide bonds. The summed E-state index contributed by atoms with van der Waals surface area (Å²) in [6.07, 6.45) is 0.912. The molecule has 0 aromatic carbocycles. The Hall–Kier alpha value is -0.790. The van der Waals surface area contributed by atoms with Gasteiger partial charge in [0.15, 0.2) is 0 Å². The van der Waals surface area contributed by atoms with E-state index in [1.54, 1.807) is 0 Å². The molecule has 2 rings (SSSR count). The van der Waals surface area contributed by atoms with E-state index in [2.05, 4.69) is 52.2 Å². The number of nitrogens with zero attached hydrogens (tertiary/aromatic N) is 2. The van der Waals surface area contributed by atoms with Crippen LogP contribution in [0, 0.1) is 0 Å². The lowest BCUT2D eigenvalue weighted by Crippen LogP contribution is -2.09. The van der Waals surface area contributed by atoms with Crippen LogP contribution in [0.25, 0.3) is 0 Å². The van der Waals surface area contributed by atoms with Crippen molar-refractivity contribution in [3.8, 4) is 0 Å². The van der Waals surface area contributed by atoms with Crippen LogP contribution in [0.2, 0.25) is 0 Å². The highest BCUT2D eigenvalue weighted by Crippen LogP contribution is 2.29. The predicted molar refractivity (Wildman–Crippen MR) is 83.3 cm³/mol. The van der Waals surface area contributed by atoms with Crippen molar-refractivity contribution in [2.24, 2.45) is 0 Å². The van der Waals surface area contributed by atoms with Crippen LogP contribution in [-0.4, -0.2) is 16.1 Å². The zero-order valence-electron chi connectivity index (χ0n) is 10.9. The molecule has 4 nitrogen and oxygen atoms in total. The number of hydrogen-bond donors (Lipinski definition) is 1. The van der Waals surface area contributed by atoms with Crippen LogP contribution < -0.4 is 5.32 Å². The van der Waals surface area contributed by atoms with Gasteiger partial charge in [0.2, 0.25) is 5.13 Å². The van der Waals surface area contributed by atoms with E-state index in [0.29, 0.717) is 15.9 Å². The van der Waals surface area contributed by atoms with Gasteiger partial charge in [-0.3, -0.25) is 10.1 Å². The lowest BCUT2D eigenvalue weighted by Gasteiger charge is -1.97. The van der Waals surface area contributed by atoms with Crippen LogP contribution in [0.15, 0.2) is 10.5 Å². The molecule has 0 atom stereocenters. The van der Waals surface area contributed by atoms with E-state index in [4.69, 9.17) is 0 Å². The summed E-state index contributed by atoms with van der Waals surface area (Å²) < 4.78 is 0.991. The van der Waals surface area contributed by atoms with Gasteiger partial charge in [0.1, 0.15) is 5.01 Å². The first-order chi connectivity index (χ1) is 9.01. The number of nitrogens with one attached hydrogen (secondary N) is 1. The number of anilines is 1. The number of thiophene rings is 1. The molecule has 7 heteroatoms. The van der Waals surface area contributed by atoms with E-state index in [1.807, 2.05) is 6.07 Å². The molecule has 0 saturated carbocycles. The van der Waals surface area contributed by atoms with Crippen LogP contribution >= 0.6 is 38.6 Å². The second-order valence-electron chi connectivity index (χ2n) is 4.29. The van der Waals surface area contributed by atoms with Gasteiger partial charge in [0.05, 0.1) is 4.88 Å². The van der Waals surface area contributed by atoms with Gasteiger partial charge in [-0.05, 0) is 28.4 Å². The van der Waals surface area contributed by atoms with Crippen LogP contribution in [0.3, 0.4) is 0 Å². The standard InChI is InChI=1S/C12H14BrN3OS2/c1-4-8-7(13)5-9(18-8)10(17)14-12-16-15-11(19-12)6(2)3/h5-6H,4H2,1-3H3,(H,14,16,17). The molecule has 0 saturated heterocycles. The third kappa shape index (κ3) is 3.40. The zero-order chi connectivity index (χ0) is 14.0. The molecule has 102 valence electrons. The van der Waals surface area contributed by atoms with E-state index < -0.39 is 0 Å². The topological polar surface area (TPSA) is 54.9 Å². The minimum Gasteiger partial charge on any atom is -0.296 e. The number of amides is 1. The number of halogens is 1. The van der Waals surface area contributed by atoms with Crippen molar-refractivity contribution < 1.29 is 4.79 Å². The summed E-state index contributed by atoms with van der Waals surface area (Å²) in [6.45, 7) is 6.17. The van der Waals surface area contributed by atoms with E-state index >= 15 is 0 Å². The second-order valence-corrected chi connectivity index (χ2v) is 7.29. The Morgan fingerprint density at radius 3 is 2.68 bits per heavy atom. The van der Waals surface area contributed by atoms with Gasteiger partial charge >= 0.3 is 0 Å². The Kier molecular flexibility index (Phi) is 4.70. The van der Waals surface area contributed by atoms with Crippen LogP contribution in [0.4, 0.5) is 5.13 Å². The van der Waals surface area contributed by atoms with Crippen LogP contribution in [0.5, 0.6) is 0 Å². The Labute approximate surface area is 128 Å². The summed E-state index contributed by atoms with van der Waals surface area (Å²) >= 11 is 6.38. The molecule has 0 bridgehead atoms. The fourth-order valence-corrected chi connectivity index (χ4v) is 3.97. The predicted octanol–water partition coefficient (Wildman–Crippen LogP) is 4.30. The van der Waals surface area contributed by atoms with Gasteiger partial charge in [0, 0.05) is 15.3 Å². The van der Waals surface area contributed by atoms with E-state index in [1.165, 1.54) is 27.6 Å². The van der Waals surface area contributed by atoms with Crippen LogP contribution in [-0.2, 0) is 6.42 Å². The summed E-state index contributed by atoms with van der Waals surface area (Å²) in [6, 6.07) is 1.85. The second kappa shape index (κ2) is 6.11. The van der Waals surface area contributed by atoms with Crippen molar-refractivity contribution in [1.29, 1.82) is 0 Å². The van der Waals surface area contributed by atoms with Gasteiger partial charge in [-0.25, -0.2) is 0 Å². The Morgan fingerprint density at radius 2 is 2.16 bits per heavy atom. The van der Waals surface area contributed by atoms with Crippen molar-refractivity contribution in [2.75, 3.05) is 5.32 Å². The molecule has 0 spiro atoms. The first-order valence-corrected chi connectivity index (χ1v) is 8.36. The molecule has 19 heavy (non-hydrogen) atoms. The Balaban J connectivity index is 2.11. The van der Waals surface area contributed by atoms with E-state index in [0.717, 1.165) is 15.9 Å². The minimum absolute atomic E-state index is 0.128. The van der Waals surface area contributed by atoms with Gasteiger partial charge in [0.25, 0.3) is 5.91 Å². The summed E-state index contributed by atoms with van der Waals surface area (Å²) in [4.78, 5) is 13.9. The van der Waals surface area contributed by atoms with Gasteiger partial charge < -0.3 is 0 Å². The number of hydrogen-bond acceptors (Lipinski definition) is 5. The average molecular weight is 360 g/mol. The fraction of sp³-hybridized carbons (Fsp3) is 0.417. The molecule has 2 heterocycles. The van der Waals surface area contributed by atoms with Crippen molar-refractivity contribution in [3.05, 3.63) is 25.3 Å². The number of aromatic nitrogens is 2. The normalized spacial score (nSPS) is 11.0. The molecular weight excluding hydrogens is 346 g/mol. The van der Waals surface area contributed by atoms with Crippen molar-refractivity contribution >= 4 is 49.6 Å². The largest absolute Gasteiger partial charge is 0.296 e. The highest BCUT2D eigenvalue weighted by Gasteiger charge is 2.15. The Bertz CT molecular complexity index is 592. The third-order valence-electron chi connectivity index (χ3n) is 2.46. The highest BCUT2D eigenvalue weighted by molar-refractivity contribution is 9.10. The SMILES string of the molecule is CCc1sc(C(=O)Nc2nnc(C(C)C)s2)cc1Br. The summed E-state index contributed by atoms with van der Waals surface area (Å²) in [5, 5.41) is 12.3. The molecule has 1 N–H and O–H groups in total.